The molecule has 1 rings (SSSR count). The molecule has 0 fully saturated rings. The molecule has 0 amide bonds. The van der Waals surface area contributed by atoms with Crippen LogP contribution in [0.25, 0.3) is 0 Å². The van der Waals surface area contributed by atoms with Crippen LogP contribution in [0.4, 0.5) is 18.9 Å². The summed E-state index contributed by atoms with van der Waals surface area (Å²) >= 11 is 8.25. The van der Waals surface area contributed by atoms with E-state index in [0.29, 0.717) is 0 Å². The zero-order valence-electron chi connectivity index (χ0n) is 6.12. The Morgan fingerprint density at radius 3 is 2.31 bits per heavy atom. The van der Waals surface area contributed by atoms with Crippen molar-refractivity contribution in [3.8, 4) is 0 Å². The van der Waals surface area contributed by atoms with E-state index in [0.717, 1.165) is 12.1 Å². The zero-order valence-corrected chi connectivity index (χ0v) is 8.46. The summed E-state index contributed by atoms with van der Waals surface area (Å²) in [7, 11) is 0. The lowest BCUT2D eigenvalue weighted by atomic mass is 10.2. The standard InChI is InChI=1S/C7H4BrClF3N/c8-4-1-3(7(10,11)12)5(9)2-6(4)13/h1-2H,13H2. The van der Waals surface area contributed by atoms with Crippen LogP contribution >= 0.6 is 27.5 Å². The number of hydrogen-bond acceptors (Lipinski definition) is 1. The minimum Gasteiger partial charge on any atom is -0.398 e. The fourth-order valence-corrected chi connectivity index (χ4v) is 1.40. The van der Waals surface area contributed by atoms with E-state index >= 15 is 0 Å². The highest BCUT2D eigenvalue weighted by molar-refractivity contribution is 9.10. The summed E-state index contributed by atoms with van der Waals surface area (Å²) in [5, 5.41) is -0.395. The number of rotatable bonds is 0. The van der Waals surface area contributed by atoms with E-state index in [-0.39, 0.29) is 10.2 Å². The van der Waals surface area contributed by atoms with E-state index in [1.807, 2.05) is 0 Å². The van der Waals surface area contributed by atoms with Crippen LogP contribution in [-0.2, 0) is 6.18 Å². The molecule has 0 bridgehead atoms. The Balaban J connectivity index is 3.32. The van der Waals surface area contributed by atoms with E-state index < -0.39 is 16.8 Å². The Morgan fingerprint density at radius 1 is 1.31 bits per heavy atom. The molecule has 0 aliphatic heterocycles. The second-order valence-corrected chi connectivity index (χ2v) is 3.61. The van der Waals surface area contributed by atoms with Crippen molar-refractivity contribution in [1.82, 2.24) is 0 Å². The van der Waals surface area contributed by atoms with Gasteiger partial charge in [-0.25, -0.2) is 0 Å². The Kier molecular flexibility index (Phi) is 2.77. The average Bonchev–Trinajstić information content (AvgIpc) is 1.94. The summed E-state index contributed by atoms with van der Waals surface area (Å²) in [5.74, 6) is 0. The minimum absolute atomic E-state index is 0.179. The van der Waals surface area contributed by atoms with Crippen molar-refractivity contribution in [1.29, 1.82) is 0 Å². The fraction of sp³-hybridized carbons (Fsp3) is 0.143. The third kappa shape index (κ3) is 2.28. The lowest BCUT2D eigenvalue weighted by Gasteiger charge is -2.10. The summed E-state index contributed by atoms with van der Waals surface area (Å²) < 4.78 is 36.8. The molecular formula is C7H4BrClF3N. The molecule has 0 spiro atoms. The first kappa shape index (κ1) is 10.7. The molecule has 0 unspecified atom stereocenters. The quantitative estimate of drug-likeness (QED) is 0.717. The van der Waals surface area contributed by atoms with Crippen LogP contribution in [0.3, 0.4) is 0 Å². The van der Waals surface area contributed by atoms with Crippen molar-refractivity contribution in [3.63, 3.8) is 0 Å². The third-order valence-electron chi connectivity index (χ3n) is 1.39. The van der Waals surface area contributed by atoms with Crippen molar-refractivity contribution < 1.29 is 13.2 Å². The van der Waals surface area contributed by atoms with Crippen molar-refractivity contribution in [2.75, 3.05) is 5.73 Å². The van der Waals surface area contributed by atoms with Gasteiger partial charge in [0, 0.05) is 10.2 Å². The highest BCUT2D eigenvalue weighted by Gasteiger charge is 2.33. The van der Waals surface area contributed by atoms with E-state index in [1.54, 1.807) is 0 Å². The second kappa shape index (κ2) is 3.38. The normalized spacial score (nSPS) is 11.8. The molecule has 2 N–H and O–H groups in total. The lowest BCUT2D eigenvalue weighted by molar-refractivity contribution is -0.137. The Bertz CT molecular complexity index is 337. The fourth-order valence-electron chi connectivity index (χ4n) is 0.779. The van der Waals surface area contributed by atoms with Gasteiger partial charge >= 0.3 is 6.18 Å². The second-order valence-electron chi connectivity index (χ2n) is 2.35. The molecule has 0 saturated heterocycles. The highest BCUT2D eigenvalue weighted by Crippen LogP contribution is 2.38. The van der Waals surface area contributed by atoms with Crippen LogP contribution in [0, 0.1) is 0 Å². The number of alkyl halides is 3. The van der Waals surface area contributed by atoms with E-state index in [4.69, 9.17) is 17.3 Å². The molecule has 1 nitrogen and oxygen atoms in total. The summed E-state index contributed by atoms with van der Waals surface area (Å²) in [6, 6.07) is 1.92. The van der Waals surface area contributed by atoms with Gasteiger partial charge in [-0.05, 0) is 28.1 Å². The van der Waals surface area contributed by atoms with Gasteiger partial charge in [0.05, 0.1) is 10.6 Å². The van der Waals surface area contributed by atoms with Crippen molar-refractivity contribution in [2.45, 2.75) is 6.18 Å². The van der Waals surface area contributed by atoms with Crippen LogP contribution in [0.2, 0.25) is 5.02 Å². The Labute approximate surface area is 85.8 Å². The smallest absolute Gasteiger partial charge is 0.398 e. The molecule has 0 radical (unpaired) electrons. The van der Waals surface area contributed by atoms with Gasteiger partial charge in [-0.3, -0.25) is 0 Å². The number of halogens is 5. The summed E-state index contributed by atoms with van der Waals surface area (Å²) in [4.78, 5) is 0. The number of hydrogen-bond donors (Lipinski definition) is 1. The van der Waals surface area contributed by atoms with E-state index in [1.165, 1.54) is 0 Å². The number of nitrogen functional groups attached to an aromatic ring is 1. The summed E-state index contributed by atoms with van der Waals surface area (Å²) in [6.45, 7) is 0. The Hall–Kier alpha value is -0.420. The van der Waals surface area contributed by atoms with Gasteiger partial charge in [-0.1, -0.05) is 11.6 Å². The van der Waals surface area contributed by atoms with Gasteiger partial charge in [0.25, 0.3) is 0 Å². The number of anilines is 1. The topological polar surface area (TPSA) is 26.0 Å². The monoisotopic (exact) mass is 273 g/mol. The van der Waals surface area contributed by atoms with Crippen LogP contribution in [0.1, 0.15) is 5.56 Å². The van der Waals surface area contributed by atoms with Gasteiger partial charge in [0.2, 0.25) is 0 Å². The molecule has 0 heterocycles. The summed E-state index contributed by atoms with van der Waals surface area (Å²) in [6.07, 6.45) is -4.45. The molecule has 0 aliphatic carbocycles. The molecule has 13 heavy (non-hydrogen) atoms. The maximum absolute atomic E-state index is 12.2. The third-order valence-corrected chi connectivity index (χ3v) is 2.39. The van der Waals surface area contributed by atoms with Crippen molar-refractivity contribution >= 4 is 33.2 Å². The lowest BCUT2D eigenvalue weighted by Crippen LogP contribution is -2.06. The van der Waals surface area contributed by atoms with Gasteiger partial charge in [-0.15, -0.1) is 0 Å². The molecule has 0 saturated carbocycles. The number of nitrogens with two attached hydrogens (primary N) is 1. The molecular weight excluding hydrogens is 270 g/mol. The predicted molar refractivity (Wildman–Crippen MR) is 48.6 cm³/mol. The van der Waals surface area contributed by atoms with Crippen molar-refractivity contribution in [3.05, 3.63) is 27.2 Å². The maximum Gasteiger partial charge on any atom is 0.417 e. The SMILES string of the molecule is Nc1cc(Cl)c(C(F)(F)F)cc1Br. The Morgan fingerprint density at radius 2 is 1.85 bits per heavy atom. The largest absolute Gasteiger partial charge is 0.417 e. The van der Waals surface area contributed by atoms with E-state index in [9.17, 15) is 13.2 Å². The van der Waals surface area contributed by atoms with E-state index in [2.05, 4.69) is 15.9 Å². The van der Waals surface area contributed by atoms with Crippen LogP contribution in [0.5, 0.6) is 0 Å². The van der Waals surface area contributed by atoms with Crippen LogP contribution in [0.15, 0.2) is 16.6 Å². The first-order chi connectivity index (χ1) is 5.82. The molecule has 0 aromatic heterocycles. The van der Waals surface area contributed by atoms with Gasteiger partial charge in [0.15, 0.2) is 0 Å². The van der Waals surface area contributed by atoms with Crippen molar-refractivity contribution in [2.24, 2.45) is 0 Å². The molecule has 0 atom stereocenters. The molecule has 0 aliphatic rings. The summed E-state index contributed by atoms with van der Waals surface area (Å²) in [5.41, 5.74) is 4.62. The van der Waals surface area contributed by atoms with Gasteiger partial charge < -0.3 is 5.73 Å². The molecule has 1 aromatic carbocycles. The van der Waals surface area contributed by atoms with Gasteiger partial charge in [-0.2, -0.15) is 13.2 Å². The number of benzene rings is 1. The van der Waals surface area contributed by atoms with Crippen LogP contribution in [-0.4, -0.2) is 0 Å². The first-order valence-corrected chi connectivity index (χ1v) is 4.31. The van der Waals surface area contributed by atoms with Gasteiger partial charge in [0.1, 0.15) is 0 Å². The molecule has 1 aromatic rings. The zero-order chi connectivity index (χ0) is 10.2. The van der Waals surface area contributed by atoms with Crippen LogP contribution < -0.4 is 5.73 Å². The highest BCUT2D eigenvalue weighted by atomic mass is 79.9. The molecule has 6 heteroatoms. The average molecular weight is 274 g/mol. The first-order valence-electron chi connectivity index (χ1n) is 3.14. The predicted octanol–water partition coefficient (Wildman–Crippen LogP) is 3.70. The molecule has 72 valence electrons. The minimum atomic E-state index is -4.45. The maximum atomic E-state index is 12.2.